The zero-order valence-corrected chi connectivity index (χ0v) is 12.9. The summed E-state index contributed by atoms with van der Waals surface area (Å²) in [4.78, 5) is 14.3. The predicted octanol–water partition coefficient (Wildman–Crippen LogP) is 2.49. The maximum Gasteiger partial charge on any atom is 0.324 e. The summed E-state index contributed by atoms with van der Waals surface area (Å²) in [7, 11) is 0. The van der Waals surface area contributed by atoms with Gasteiger partial charge in [0.2, 0.25) is 0 Å². The van der Waals surface area contributed by atoms with Crippen molar-refractivity contribution < 1.29 is 9.90 Å². The van der Waals surface area contributed by atoms with E-state index in [2.05, 4.69) is 17.1 Å². The first-order chi connectivity index (χ1) is 9.69. The normalized spacial score (nSPS) is 33.4. The first-order valence-electron chi connectivity index (χ1n) is 8.38. The SMILES string of the molecule is CCCC1CCCC(C(=O)O)(N2CCCNCC2)CC1. The van der Waals surface area contributed by atoms with Gasteiger partial charge in [-0.15, -0.1) is 0 Å². The van der Waals surface area contributed by atoms with Crippen LogP contribution in [0, 0.1) is 5.92 Å². The molecule has 2 aliphatic rings. The second-order valence-electron chi connectivity index (χ2n) is 6.51. The molecule has 20 heavy (non-hydrogen) atoms. The maximum atomic E-state index is 12.0. The van der Waals surface area contributed by atoms with Gasteiger partial charge in [-0.05, 0) is 38.1 Å². The summed E-state index contributed by atoms with van der Waals surface area (Å²) in [6, 6.07) is 0. The Morgan fingerprint density at radius 3 is 2.85 bits per heavy atom. The van der Waals surface area contributed by atoms with Crippen molar-refractivity contribution in [2.45, 2.75) is 63.8 Å². The molecule has 4 nitrogen and oxygen atoms in total. The minimum Gasteiger partial charge on any atom is -0.480 e. The van der Waals surface area contributed by atoms with Crippen LogP contribution in [-0.4, -0.2) is 47.7 Å². The van der Waals surface area contributed by atoms with Gasteiger partial charge in [-0.2, -0.15) is 0 Å². The van der Waals surface area contributed by atoms with E-state index in [4.69, 9.17) is 0 Å². The quantitative estimate of drug-likeness (QED) is 0.778. The van der Waals surface area contributed by atoms with Gasteiger partial charge in [0, 0.05) is 19.6 Å². The number of nitrogens with zero attached hydrogens (tertiary/aromatic N) is 1. The van der Waals surface area contributed by atoms with Crippen molar-refractivity contribution in [2.24, 2.45) is 5.92 Å². The van der Waals surface area contributed by atoms with Crippen molar-refractivity contribution in [3.63, 3.8) is 0 Å². The third kappa shape index (κ3) is 3.53. The van der Waals surface area contributed by atoms with E-state index < -0.39 is 11.5 Å². The molecule has 2 atom stereocenters. The van der Waals surface area contributed by atoms with Gasteiger partial charge in [0.25, 0.3) is 0 Å². The maximum absolute atomic E-state index is 12.0. The van der Waals surface area contributed by atoms with Crippen molar-refractivity contribution in [3.05, 3.63) is 0 Å². The third-order valence-corrected chi connectivity index (χ3v) is 5.21. The standard InChI is InChI=1S/C16H30N2O2/c1-2-5-14-6-3-8-16(9-7-14,15(19)20)18-12-4-10-17-11-13-18/h14,17H,2-13H2,1H3,(H,19,20). The highest BCUT2D eigenvalue weighted by Gasteiger charge is 2.44. The minimum absolute atomic E-state index is 0.587. The Morgan fingerprint density at radius 1 is 1.25 bits per heavy atom. The Kier molecular flexibility index (Phi) is 5.85. The minimum atomic E-state index is -0.589. The highest BCUT2D eigenvalue weighted by molar-refractivity contribution is 5.78. The van der Waals surface area contributed by atoms with E-state index in [-0.39, 0.29) is 0 Å². The lowest BCUT2D eigenvalue weighted by atomic mass is 9.87. The van der Waals surface area contributed by atoms with Gasteiger partial charge in [-0.25, -0.2) is 0 Å². The van der Waals surface area contributed by atoms with Crippen LogP contribution in [0.5, 0.6) is 0 Å². The lowest BCUT2D eigenvalue weighted by molar-refractivity contribution is -0.153. The summed E-state index contributed by atoms with van der Waals surface area (Å²) >= 11 is 0. The van der Waals surface area contributed by atoms with E-state index >= 15 is 0 Å². The van der Waals surface area contributed by atoms with E-state index in [1.807, 2.05) is 0 Å². The van der Waals surface area contributed by atoms with Gasteiger partial charge in [0.1, 0.15) is 5.54 Å². The number of carboxylic acid groups (broad SMARTS) is 1. The number of nitrogens with one attached hydrogen (secondary N) is 1. The number of hydrogen-bond acceptors (Lipinski definition) is 3. The molecule has 0 aromatic heterocycles. The van der Waals surface area contributed by atoms with Crippen LogP contribution < -0.4 is 5.32 Å². The smallest absolute Gasteiger partial charge is 0.324 e. The van der Waals surface area contributed by atoms with E-state index in [0.717, 1.165) is 64.2 Å². The first-order valence-corrected chi connectivity index (χ1v) is 8.38. The van der Waals surface area contributed by atoms with Gasteiger partial charge in [0.15, 0.2) is 0 Å². The number of hydrogen-bond donors (Lipinski definition) is 2. The highest BCUT2D eigenvalue weighted by Crippen LogP contribution is 2.37. The topological polar surface area (TPSA) is 52.6 Å². The monoisotopic (exact) mass is 282 g/mol. The van der Waals surface area contributed by atoms with Crippen LogP contribution >= 0.6 is 0 Å². The fourth-order valence-corrected chi connectivity index (χ4v) is 4.03. The van der Waals surface area contributed by atoms with E-state index in [9.17, 15) is 9.90 Å². The van der Waals surface area contributed by atoms with Gasteiger partial charge in [0.05, 0.1) is 0 Å². The molecule has 1 aliphatic carbocycles. The average molecular weight is 282 g/mol. The number of aliphatic carboxylic acids is 1. The number of carboxylic acids is 1. The Balaban J connectivity index is 2.10. The van der Waals surface area contributed by atoms with Crippen LogP contribution in [0.3, 0.4) is 0 Å². The van der Waals surface area contributed by atoms with Crippen LogP contribution in [0.2, 0.25) is 0 Å². The number of carbonyl (C=O) groups is 1. The van der Waals surface area contributed by atoms with Crippen molar-refractivity contribution in [1.82, 2.24) is 10.2 Å². The summed E-state index contributed by atoms with van der Waals surface area (Å²) in [6.45, 7) is 5.98. The molecular weight excluding hydrogens is 252 g/mol. The molecule has 2 unspecified atom stereocenters. The van der Waals surface area contributed by atoms with Crippen molar-refractivity contribution >= 4 is 5.97 Å². The summed E-state index contributed by atoms with van der Waals surface area (Å²) < 4.78 is 0. The third-order valence-electron chi connectivity index (χ3n) is 5.21. The van der Waals surface area contributed by atoms with E-state index in [0.29, 0.717) is 0 Å². The predicted molar refractivity (Wildman–Crippen MR) is 80.9 cm³/mol. The Hall–Kier alpha value is -0.610. The Labute approximate surface area is 122 Å². The largest absolute Gasteiger partial charge is 0.480 e. The van der Waals surface area contributed by atoms with E-state index in [1.54, 1.807) is 0 Å². The summed E-state index contributed by atoms with van der Waals surface area (Å²) in [5.74, 6) is 0.155. The van der Waals surface area contributed by atoms with Gasteiger partial charge in [-0.1, -0.05) is 32.6 Å². The molecule has 2 fully saturated rings. The molecule has 0 aromatic rings. The average Bonchev–Trinajstić information content (AvgIpc) is 2.80. The van der Waals surface area contributed by atoms with Gasteiger partial charge < -0.3 is 10.4 Å². The summed E-state index contributed by atoms with van der Waals surface area (Å²) in [6.07, 6.45) is 8.60. The Morgan fingerprint density at radius 2 is 2.10 bits per heavy atom. The van der Waals surface area contributed by atoms with Crippen LogP contribution in [-0.2, 0) is 4.79 Å². The molecule has 0 spiro atoms. The van der Waals surface area contributed by atoms with Crippen LogP contribution in [0.1, 0.15) is 58.3 Å². The molecule has 2 rings (SSSR count). The molecule has 0 aromatic carbocycles. The summed E-state index contributed by atoms with van der Waals surface area (Å²) in [5.41, 5.74) is -0.589. The van der Waals surface area contributed by atoms with Crippen LogP contribution in [0.4, 0.5) is 0 Å². The zero-order chi connectivity index (χ0) is 14.4. The molecule has 2 N–H and O–H groups in total. The molecule has 0 radical (unpaired) electrons. The molecule has 1 aliphatic heterocycles. The Bertz CT molecular complexity index is 314. The molecule has 4 heteroatoms. The molecule has 0 amide bonds. The van der Waals surface area contributed by atoms with E-state index in [1.165, 1.54) is 19.3 Å². The molecule has 0 bridgehead atoms. The zero-order valence-electron chi connectivity index (χ0n) is 12.9. The number of rotatable bonds is 4. The molecule has 1 saturated carbocycles. The van der Waals surface area contributed by atoms with Crippen LogP contribution in [0.25, 0.3) is 0 Å². The lowest BCUT2D eigenvalue weighted by Gasteiger charge is -2.39. The van der Waals surface area contributed by atoms with Crippen LogP contribution in [0.15, 0.2) is 0 Å². The van der Waals surface area contributed by atoms with Gasteiger partial charge >= 0.3 is 5.97 Å². The molecule has 116 valence electrons. The first kappa shape index (κ1) is 15.8. The molecule has 1 heterocycles. The van der Waals surface area contributed by atoms with Crippen molar-refractivity contribution in [2.75, 3.05) is 26.2 Å². The van der Waals surface area contributed by atoms with Crippen molar-refractivity contribution in [3.8, 4) is 0 Å². The lowest BCUT2D eigenvalue weighted by Crippen LogP contribution is -2.55. The van der Waals surface area contributed by atoms with Gasteiger partial charge in [-0.3, -0.25) is 9.69 Å². The fourth-order valence-electron chi connectivity index (χ4n) is 4.03. The fraction of sp³-hybridized carbons (Fsp3) is 0.938. The second kappa shape index (κ2) is 7.41. The highest BCUT2D eigenvalue weighted by atomic mass is 16.4. The second-order valence-corrected chi connectivity index (χ2v) is 6.51. The van der Waals surface area contributed by atoms with Crippen molar-refractivity contribution in [1.29, 1.82) is 0 Å². The molecule has 1 saturated heterocycles. The molecular formula is C16H30N2O2. The summed E-state index contributed by atoms with van der Waals surface area (Å²) in [5, 5.41) is 13.3.